The van der Waals surface area contributed by atoms with Gasteiger partial charge in [-0.2, -0.15) is 0 Å². The van der Waals surface area contributed by atoms with E-state index in [1.54, 1.807) is 12.1 Å². The summed E-state index contributed by atoms with van der Waals surface area (Å²) in [5, 5.41) is 11.0. The van der Waals surface area contributed by atoms with Gasteiger partial charge in [-0.15, -0.1) is 10.2 Å². The quantitative estimate of drug-likeness (QED) is 0.429. The van der Waals surface area contributed by atoms with E-state index in [9.17, 15) is 4.79 Å². The Labute approximate surface area is 167 Å². The number of rotatable bonds is 9. The van der Waals surface area contributed by atoms with Crippen molar-refractivity contribution in [1.82, 2.24) is 15.5 Å². The number of nitrogens with zero attached hydrogens (tertiary/aromatic N) is 2. The molecule has 148 valence electrons. The number of amides is 1. The molecule has 1 amide bonds. The van der Waals surface area contributed by atoms with E-state index in [4.69, 9.17) is 13.6 Å². The Morgan fingerprint density at radius 3 is 2.89 bits per heavy atom. The summed E-state index contributed by atoms with van der Waals surface area (Å²) in [6.45, 7) is 7.28. The Kier molecular flexibility index (Phi) is 6.76. The summed E-state index contributed by atoms with van der Waals surface area (Å²) in [6, 6.07) is 7.65. The number of nitrogens with one attached hydrogen (secondary N) is 1. The molecule has 28 heavy (non-hydrogen) atoms. The average molecular weight is 401 g/mol. The van der Waals surface area contributed by atoms with Gasteiger partial charge in [-0.3, -0.25) is 4.79 Å². The molecule has 0 saturated carbocycles. The Balaban J connectivity index is 1.34. The molecule has 0 aliphatic heterocycles. The van der Waals surface area contributed by atoms with E-state index in [1.165, 1.54) is 29.2 Å². The second kappa shape index (κ2) is 9.45. The molecule has 0 spiro atoms. The first kappa shape index (κ1) is 20.0. The Bertz CT molecular complexity index is 922. The van der Waals surface area contributed by atoms with Crippen LogP contribution in [0.2, 0.25) is 0 Å². The van der Waals surface area contributed by atoms with E-state index in [-0.39, 0.29) is 11.7 Å². The number of ether oxygens (including phenoxy) is 1. The van der Waals surface area contributed by atoms with E-state index in [0.717, 1.165) is 17.7 Å². The number of hydrogen-bond acceptors (Lipinski definition) is 7. The molecule has 7 nitrogen and oxygen atoms in total. The molecule has 0 aliphatic rings. The lowest BCUT2D eigenvalue weighted by Gasteiger charge is -2.12. The fourth-order valence-corrected chi connectivity index (χ4v) is 3.17. The number of hydrogen-bond donors (Lipinski definition) is 1. The molecule has 2 heterocycles. The van der Waals surface area contributed by atoms with E-state index in [0.29, 0.717) is 30.0 Å². The Hall–Kier alpha value is -2.74. The van der Waals surface area contributed by atoms with E-state index in [2.05, 4.69) is 42.4 Å². The molecular weight excluding hydrogens is 378 g/mol. The molecule has 0 fully saturated rings. The fourth-order valence-electron chi connectivity index (χ4n) is 2.58. The first-order valence-electron chi connectivity index (χ1n) is 9.00. The smallest absolute Gasteiger partial charge is 0.284 e. The van der Waals surface area contributed by atoms with Gasteiger partial charge in [0.05, 0.1) is 18.6 Å². The molecule has 0 unspecified atom stereocenters. The molecule has 0 radical (unpaired) electrons. The van der Waals surface area contributed by atoms with Gasteiger partial charge in [-0.05, 0) is 62.1 Å². The molecule has 0 atom stereocenters. The summed E-state index contributed by atoms with van der Waals surface area (Å²) in [6.07, 6.45) is 2.26. The van der Waals surface area contributed by atoms with Gasteiger partial charge in [0.25, 0.3) is 11.1 Å². The van der Waals surface area contributed by atoms with Crippen LogP contribution < -0.4 is 10.1 Å². The zero-order chi connectivity index (χ0) is 19.9. The third kappa shape index (κ3) is 5.39. The third-order valence-electron chi connectivity index (χ3n) is 4.13. The number of carbonyl (C=O) groups excluding carboxylic acids is 1. The maximum absolute atomic E-state index is 11.9. The number of carbonyl (C=O) groups is 1. The summed E-state index contributed by atoms with van der Waals surface area (Å²) >= 11 is 1.19. The summed E-state index contributed by atoms with van der Waals surface area (Å²) in [4.78, 5) is 11.9. The van der Waals surface area contributed by atoms with Crippen molar-refractivity contribution in [1.29, 1.82) is 0 Å². The van der Waals surface area contributed by atoms with E-state index < -0.39 is 0 Å². The van der Waals surface area contributed by atoms with Crippen molar-refractivity contribution in [3.8, 4) is 17.4 Å². The normalized spacial score (nSPS) is 10.8. The van der Waals surface area contributed by atoms with Crippen LogP contribution in [0.4, 0.5) is 0 Å². The molecule has 3 rings (SSSR count). The monoisotopic (exact) mass is 401 g/mol. The van der Waals surface area contributed by atoms with Crippen LogP contribution >= 0.6 is 11.8 Å². The molecule has 8 heteroatoms. The van der Waals surface area contributed by atoms with Gasteiger partial charge in [-0.1, -0.05) is 17.8 Å². The first-order chi connectivity index (χ1) is 13.5. The Morgan fingerprint density at radius 2 is 2.11 bits per heavy atom. The van der Waals surface area contributed by atoms with Gasteiger partial charge in [-0.25, -0.2) is 0 Å². The predicted molar refractivity (Wildman–Crippen MR) is 106 cm³/mol. The predicted octanol–water partition coefficient (Wildman–Crippen LogP) is 3.93. The molecule has 1 aromatic carbocycles. The first-order valence-corrected chi connectivity index (χ1v) is 9.99. The zero-order valence-corrected chi connectivity index (χ0v) is 17.0. The van der Waals surface area contributed by atoms with Gasteiger partial charge in [0.15, 0.2) is 5.76 Å². The summed E-state index contributed by atoms with van der Waals surface area (Å²) in [5.41, 5.74) is 3.55. The van der Waals surface area contributed by atoms with Crippen LogP contribution in [-0.4, -0.2) is 35.0 Å². The number of aromatic nitrogens is 2. The minimum Gasteiger partial charge on any atom is -0.493 e. The maximum Gasteiger partial charge on any atom is 0.284 e. The number of furan rings is 1. The van der Waals surface area contributed by atoms with E-state index in [1.807, 2.05) is 6.07 Å². The molecule has 2 aromatic heterocycles. The SMILES string of the molecule is Cc1cc(C)c(C)c(OCCCNC(=O)CSc2nnc(-c3ccco3)o2)c1. The lowest BCUT2D eigenvalue weighted by atomic mass is 10.1. The van der Waals surface area contributed by atoms with Crippen molar-refractivity contribution in [2.45, 2.75) is 32.4 Å². The Morgan fingerprint density at radius 1 is 1.25 bits per heavy atom. The molecule has 1 N–H and O–H groups in total. The summed E-state index contributed by atoms with van der Waals surface area (Å²) in [5.74, 6) is 1.82. The van der Waals surface area contributed by atoms with Crippen LogP contribution in [0.3, 0.4) is 0 Å². The highest BCUT2D eigenvalue weighted by atomic mass is 32.2. The minimum absolute atomic E-state index is 0.0923. The van der Waals surface area contributed by atoms with Crippen LogP contribution in [0, 0.1) is 20.8 Å². The lowest BCUT2D eigenvalue weighted by Crippen LogP contribution is -2.27. The lowest BCUT2D eigenvalue weighted by molar-refractivity contribution is -0.118. The number of thioether (sulfide) groups is 1. The topological polar surface area (TPSA) is 90.4 Å². The summed E-state index contributed by atoms with van der Waals surface area (Å²) < 4.78 is 16.5. The standard InChI is InChI=1S/C20H23N3O4S/c1-13-10-14(2)15(3)17(11-13)26-9-5-7-21-18(24)12-28-20-23-22-19(27-20)16-6-4-8-25-16/h4,6,8,10-11H,5,7,9,12H2,1-3H3,(H,21,24). The number of aryl methyl sites for hydroxylation is 2. The highest BCUT2D eigenvalue weighted by molar-refractivity contribution is 7.99. The minimum atomic E-state index is -0.0923. The highest BCUT2D eigenvalue weighted by Gasteiger charge is 2.12. The van der Waals surface area contributed by atoms with Crippen LogP contribution in [0.25, 0.3) is 11.7 Å². The van der Waals surface area contributed by atoms with Gasteiger partial charge in [0.1, 0.15) is 5.75 Å². The summed E-state index contributed by atoms with van der Waals surface area (Å²) in [7, 11) is 0. The van der Waals surface area contributed by atoms with Gasteiger partial charge in [0, 0.05) is 6.54 Å². The zero-order valence-electron chi connectivity index (χ0n) is 16.2. The van der Waals surface area contributed by atoms with Crippen molar-refractivity contribution < 1.29 is 18.4 Å². The molecule has 3 aromatic rings. The second-order valence-corrected chi connectivity index (χ2v) is 7.32. The van der Waals surface area contributed by atoms with Crippen molar-refractivity contribution >= 4 is 17.7 Å². The van der Waals surface area contributed by atoms with Crippen LogP contribution in [0.5, 0.6) is 5.75 Å². The fraction of sp³-hybridized carbons (Fsp3) is 0.350. The van der Waals surface area contributed by atoms with Crippen molar-refractivity contribution in [3.05, 3.63) is 47.2 Å². The average Bonchev–Trinajstić information content (AvgIpc) is 3.34. The maximum atomic E-state index is 11.9. The van der Waals surface area contributed by atoms with Crippen molar-refractivity contribution in [3.63, 3.8) is 0 Å². The van der Waals surface area contributed by atoms with Crippen LogP contribution in [0.15, 0.2) is 44.6 Å². The van der Waals surface area contributed by atoms with Gasteiger partial charge >= 0.3 is 0 Å². The third-order valence-corrected chi connectivity index (χ3v) is 4.95. The number of benzene rings is 1. The van der Waals surface area contributed by atoms with Gasteiger partial charge < -0.3 is 18.9 Å². The van der Waals surface area contributed by atoms with E-state index >= 15 is 0 Å². The van der Waals surface area contributed by atoms with Crippen molar-refractivity contribution in [2.75, 3.05) is 18.9 Å². The molecular formula is C20H23N3O4S. The molecule has 0 bridgehead atoms. The van der Waals surface area contributed by atoms with Crippen molar-refractivity contribution in [2.24, 2.45) is 0 Å². The van der Waals surface area contributed by atoms with Crippen LogP contribution in [-0.2, 0) is 4.79 Å². The largest absolute Gasteiger partial charge is 0.493 e. The highest BCUT2D eigenvalue weighted by Crippen LogP contribution is 2.24. The van der Waals surface area contributed by atoms with Gasteiger partial charge in [0.2, 0.25) is 5.91 Å². The molecule has 0 saturated heterocycles. The second-order valence-electron chi connectivity index (χ2n) is 6.40. The van der Waals surface area contributed by atoms with Crippen LogP contribution in [0.1, 0.15) is 23.1 Å². The molecule has 0 aliphatic carbocycles.